The van der Waals surface area contributed by atoms with E-state index >= 15 is 0 Å². The van der Waals surface area contributed by atoms with Gasteiger partial charge in [-0.2, -0.15) is 0 Å². The molecule has 1 N–H and O–H groups in total. The number of hydrogen-bond acceptors (Lipinski definition) is 4. The molecule has 1 aromatic rings. The Morgan fingerprint density at radius 1 is 1.18 bits per heavy atom. The van der Waals surface area contributed by atoms with Crippen molar-refractivity contribution in [3.63, 3.8) is 0 Å². The summed E-state index contributed by atoms with van der Waals surface area (Å²) in [6.45, 7) is 1.97. The van der Waals surface area contributed by atoms with Gasteiger partial charge in [0.1, 0.15) is 0 Å². The Bertz CT molecular complexity index is 495. The maximum atomic E-state index is 11.9. The number of carbonyl (C=O) groups excluding carboxylic acids is 2. The molecule has 1 heterocycles. The number of methoxy groups -OCH3 is 1. The highest BCUT2D eigenvalue weighted by Crippen LogP contribution is 2.34. The summed E-state index contributed by atoms with van der Waals surface area (Å²) in [6.07, 6.45) is 2.04. The Labute approximate surface area is 131 Å². The SMILES string of the molecule is COC(=O)CCC(=O)NCC1(c2ccccc2)CCOCC1. The Morgan fingerprint density at radius 3 is 2.50 bits per heavy atom. The molecule has 5 heteroatoms. The first-order valence-corrected chi connectivity index (χ1v) is 7.63. The number of esters is 1. The molecule has 1 aliphatic rings. The monoisotopic (exact) mass is 305 g/mol. The van der Waals surface area contributed by atoms with Gasteiger partial charge in [0.2, 0.25) is 5.91 Å². The predicted octanol–water partition coefficient (Wildman–Crippen LogP) is 1.80. The van der Waals surface area contributed by atoms with Gasteiger partial charge in [-0.3, -0.25) is 9.59 Å². The zero-order chi connectivity index (χ0) is 15.8. The van der Waals surface area contributed by atoms with Gasteiger partial charge in [0.15, 0.2) is 0 Å². The second-order valence-electron chi connectivity index (χ2n) is 5.61. The van der Waals surface area contributed by atoms with Gasteiger partial charge in [0.05, 0.1) is 13.5 Å². The van der Waals surface area contributed by atoms with Crippen LogP contribution in [0.5, 0.6) is 0 Å². The molecule has 0 unspecified atom stereocenters. The second kappa shape index (κ2) is 7.94. The van der Waals surface area contributed by atoms with E-state index in [-0.39, 0.29) is 30.1 Å². The molecule has 2 rings (SSSR count). The van der Waals surface area contributed by atoms with Crippen molar-refractivity contribution in [2.24, 2.45) is 0 Å². The lowest BCUT2D eigenvalue weighted by atomic mass is 9.74. The molecule has 0 radical (unpaired) electrons. The third-order valence-corrected chi connectivity index (χ3v) is 4.24. The third kappa shape index (κ3) is 4.31. The van der Waals surface area contributed by atoms with E-state index in [1.165, 1.54) is 12.7 Å². The highest BCUT2D eigenvalue weighted by atomic mass is 16.5. The third-order valence-electron chi connectivity index (χ3n) is 4.24. The zero-order valence-corrected chi connectivity index (χ0v) is 13.0. The zero-order valence-electron chi connectivity index (χ0n) is 13.0. The molecule has 1 saturated heterocycles. The lowest BCUT2D eigenvalue weighted by Gasteiger charge is -2.38. The van der Waals surface area contributed by atoms with Crippen molar-refractivity contribution in [2.75, 3.05) is 26.9 Å². The number of carbonyl (C=O) groups is 2. The molecule has 1 amide bonds. The first kappa shape index (κ1) is 16.5. The van der Waals surface area contributed by atoms with Crippen LogP contribution >= 0.6 is 0 Å². The number of benzene rings is 1. The molecular formula is C17H23NO4. The van der Waals surface area contributed by atoms with Gasteiger partial charge in [-0.15, -0.1) is 0 Å². The van der Waals surface area contributed by atoms with E-state index in [1.54, 1.807) is 0 Å². The molecule has 0 spiro atoms. The molecule has 1 fully saturated rings. The fourth-order valence-corrected chi connectivity index (χ4v) is 2.80. The van der Waals surface area contributed by atoms with E-state index < -0.39 is 0 Å². The summed E-state index contributed by atoms with van der Waals surface area (Å²) in [5.74, 6) is -0.480. The quantitative estimate of drug-likeness (QED) is 0.814. The van der Waals surface area contributed by atoms with Crippen LogP contribution in [0.15, 0.2) is 30.3 Å². The Hall–Kier alpha value is -1.88. The maximum Gasteiger partial charge on any atom is 0.306 e. The average molecular weight is 305 g/mol. The normalized spacial score (nSPS) is 16.8. The van der Waals surface area contributed by atoms with Crippen LogP contribution in [0, 0.1) is 0 Å². The van der Waals surface area contributed by atoms with Gasteiger partial charge in [-0.1, -0.05) is 30.3 Å². The lowest BCUT2D eigenvalue weighted by Crippen LogP contribution is -2.44. The summed E-state index contributed by atoms with van der Waals surface area (Å²) in [5, 5.41) is 2.97. The van der Waals surface area contributed by atoms with Crippen molar-refractivity contribution in [3.8, 4) is 0 Å². The summed E-state index contributed by atoms with van der Waals surface area (Å²) in [4.78, 5) is 23.0. The molecule has 0 atom stereocenters. The van der Waals surface area contributed by atoms with Crippen molar-refractivity contribution in [3.05, 3.63) is 35.9 Å². The Morgan fingerprint density at radius 2 is 1.86 bits per heavy atom. The molecular weight excluding hydrogens is 282 g/mol. The van der Waals surface area contributed by atoms with Crippen molar-refractivity contribution in [2.45, 2.75) is 31.1 Å². The Kier molecular flexibility index (Phi) is 5.95. The molecule has 5 nitrogen and oxygen atoms in total. The van der Waals surface area contributed by atoms with Crippen LogP contribution in [0.25, 0.3) is 0 Å². The average Bonchev–Trinajstić information content (AvgIpc) is 2.59. The molecule has 120 valence electrons. The van der Waals surface area contributed by atoms with Crippen molar-refractivity contribution >= 4 is 11.9 Å². The standard InChI is InChI=1S/C17H23NO4/c1-21-16(20)8-7-15(19)18-13-17(9-11-22-12-10-17)14-5-3-2-4-6-14/h2-6H,7-13H2,1H3,(H,18,19). The first-order valence-electron chi connectivity index (χ1n) is 7.63. The summed E-state index contributed by atoms with van der Waals surface area (Å²) in [5.41, 5.74) is 1.15. The molecule has 22 heavy (non-hydrogen) atoms. The first-order chi connectivity index (χ1) is 10.7. The van der Waals surface area contributed by atoms with Crippen LogP contribution in [0.1, 0.15) is 31.2 Å². The number of ether oxygens (including phenoxy) is 2. The minimum atomic E-state index is -0.362. The van der Waals surface area contributed by atoms with Gasteiger partial charge in [-0.25, -0.2) is 0 Å². The second-order valence-corrected chi connectivity index (χ2v) is 5.61. The topological polar surface area (TPSA) is 64.6 Å². The van der Waals surface area contributed by atoms with E-state index in [2.05, 4.69) is 22.2 Å². The van der Waals surface area contributed by atoms with Gasteiger partial charge >= 0.3 is 5.97 Å². The van der Waals surface area contributed by atoms with Crippen LogP contribution in [0.2, 0.25) is 0 Å². The summed E-state index contributed by atoms with van der Waals surface area (Å²) < 4.78 is 10.0. The molecule has 0 aliphatic carbocycles. The van der Waals surface area contributed by atoms with Gasteiger partial charge in [-0.05, 0) is 18.4 Å². The summed E-state index contributed by atoms with van der Waals surface area (Å²) in [7, 11) is 1.33. The van der Waals surface area contributed by atoms with Crippen molar-refractivity contribution < 1.29 is 19.1 Å². The highest BCUT2D eigenvalue weighted by Gasteiger charge is 2.34. The molecule has 1 aliphatic heterocycles. The fourth-order valence-electron chi connectivity index (χ4n) is 2.80. The van der Waals surface area contributed by atoms with Crippen LogP contribution in [0.3, 0.4) is 0 Å². The van der Waals surface area contributed by atoms with E-state index in [1.807, 2.05) is 18.2 Å². The minimum Gasteiger partial charge on any atom is -0.469 e. The van der Waals surface area contributed by atoms with E-state index in [9.17, 15) is 9.59 Å². The van der Waals surface area contributed by atoms with Crippen LogP contribution in [-0.2, 0) is 24.5 Å². The van der Waals surface area contributed by atoms with E-state index in [0.29, 0.717) is 19.8 Å². The minimum absolute atomic E-state index is 0.0829. The number of amides is 1. The van der Waals surface area contributed by atoms with Crippen LogP contribution in [-0.4, -0.2) is 38.7 Å². The molecule has 0 saturated carbocycles. The number of rotatable bonds is 6. The molecule has 1 aromatic carbocycles. The number of nitrogens with one attached hydrogen (secondary N) is 1. The van der Waals surface area contributed by atoms with Crippen molar-refractivity contribution in [1.82, 2.24) is 5.32 Å². The summed E-state index contributed by atoms with van der Waals surface area (Å²) >= 11 is 0. The van der Waals surface area contributed by atoms with Crippen LogP contribution < -0.4 is 5.32 Å². The fraction of sp³-hybridized carbons (Fsp3) is 0.529. The highest BCUT2D eigenvalue weighted by molar-refractivity contribution is 5.81. The summed E-state index contributed by atoms with van der Waals surface area (Å²) in [6, 6.07) is 10.2. The molecule has 0 aromatic heterocycles. The van der Waals surface area contributed by atoms with E-state index in [4.69, 9.17) is 4.74 Å². The van der Waals surface area contributed by atoms with Gasteiger partial charge in [0.25, 0.3) is 0 Å². The van der Waals surface area contributed by atoms with Crippen molar-refractivity contribution in [1.29, 1.82) is 0 Å². The lowest BCUT2D eigenvalue weighted by molar-refractivity contribution is -0.142. The number of hydrogen-bond donors (Lipinski definition) is 1. The maximum absolute atomic E-state index is 11.9. The smallest absolute Gasteiger partial charge is 0.306 e. The van der Waals surface area contributed by atoms with Gasteiger partial charge in [0, 0.05) is 31.6 Å². The predicted molar refractivity (Wildman–Crippen MR) is 82.4 cm³/mol. The Balaban J connectivity index is 1.96. The van der Waals surface area contributed by atoms with Gasteiger partial charge < -0.3 is 14.8 Å². The van der Waals surface area contributed by atoms with Crippen LogP contribution in [0.4, 0.5) is 0 Å². The molecule has 0 bridgehead atoms. The largest absolute Gasteiger partial charge is 0.469 e. The van der Waals surface area contributed by atoms with E-state index in [0.717, 1.165) is 12.8 Å².